The normalized spacial score (nSPS) is 10.5. The highest BCUT2D eigenvalue weighted by Gasteiger charge is 2.04. The number of rotatable bonds is 10. The van der Waals surface area contributed by atoms with Crippen LogP contribution in [0.15, 0.2) is 18.2 Å². The summed E-state index contributed by atoms with van der Waals surface area (Å²) in [6, 6.07) is 6.13. The molecule has 0 spiro atoms. The molecule has 3 nitrogen and oxygen atoms in total. The van der Waals surface area contributed by atoms with Crippen LogP contribution in [0.3, 0.4) is 0 Å². The third-order valence-electron chi connectivity index (χ3n) is 3.13. The number of benzene rings is 1. The Bertz CT molecular complexity index is 353. The van der Waals surface area contributed by atoms with Crippen molar-refractivity contribution in [2.24, 2.45) is 0 Å². The first-order valence-electron chi connectivity index (χ1n) is 7.32. The maximum Gasteiger partial charge on any atom is 0.161 e. The van der Waals surface area contributed by atoms with Crippen molar-refractivity contribution in [3.8, 4) is 11.5 Å². The molecule has 0 atom stereocenters. The third-order valence-corrected chi connectivity index (χ3v) is 3.13. The summed E-state index contributed by atoms with van der Waals surface area (Å²) < 4.78 is 11.1. The van der Waals surface area contributed by atoms with Gasteiger partial charge in [0.2, 0.25) is 0 Å². The van der Waals surface area contributed by atoms with Gasteiger partial charge in [-0.25, -0.2) is 0 Å². The molecule has 0 heterocycles. The summed E-state index contributed by atoms with van der Waals surface area (Å²) in [5, 5.41) is 3.38. The summed E-state index contributed by atoms with van der Waals surface area (Å²) in [6.45, 7) is 6.98. The van der Waals surface area contributed by atoms with E-state index in [-0.39, 0.29) is 0 Å². The smallest absolute Gasteiger partial charge is 0.161 e. The monoisotopic (exact) mass is 265 g/mol. The van der Waals surface area contributed by atoms with Gasteiger partial charge in [0.25, 0.3) is 0 Å². The Morgan fingerprint density at radius 1 is 1.05 bits per heavy atom. The van der Waals surface area contributed by atoms with Gasteiger partial charge in [0.1, 0.15) is 6.61 Å². The molecule has 0 aliphatic rings. The van der Waals surface area contributed by atoms with Gasteiger partial charge < -0.3 is 14.8 Å². The van der Waals surface area contributed by atoms with Crippen LogP contribution in [0.2, 0.25) is 0 Å². The topological polar surface area (TPSA) is 30.5 Å². The van der Waals surface area contributed by atoms with Gasteiger partial charge in [-0.05, 0) is 37.1 Å². The molecule has 0 radical (unpaired) electrons. The van der Waals surface area contributed by atoms with Gasteiger partial charge in [0.05, 0.1) is 7.11 Å². The highest BCUT2D eigenvalue weighted by atomic mass is 16.5. The highest BCUT2D eigenvalue weighted by Crippen LogP contribution is 2.28. The minimum absolute atomic E-state index is 0.675. The van der Waals surface area contributed by atoms with Gasteiger partial charge in [-0.1, -0.05) is 32.8 Å². The van der Waals surface area contributed by atoms with Crippen molar-refractivity contribution < 1.29 is 9.47 Å². The largest absolute Gasteiger partial charge is 0.493 e. The predicted molar refractivity (Wildman–Crippen MR) is 80.3 cm³/mol. The Hall–Kier alpha value is -1.22. The lowest BCUT2D eigenvalue weighted by molar-refractivity contribution is 0.292. The SMILES string of the molecule is CCCCCNCCOc1ccc(CC)cc1OC. The first kappa shape index (κ1) is 15.8. The van der Waals surface area contributed by atoms with Crippen LogP contribution in [-0.2, 0) is 6.42 Å². The van der Waals surface area contributed by atoms with Crippen LogP contribution in [0.5, 0.6) is 11.5 Å². The fourth-order valence-electron chi connectivity index (χ4n) is 1.91. The van der Waals surface area contributed by atoms with Gasteiger partial charge in [-0.2, -0.15) is 0 Å². The van der Waals surface area contributed by atoms with E-state index in [1.54, 1.807) is 7.11 Å². The third kappa shape index (κ3) is 5.97. The molecule has 0 bridgehead atoms. The number of hydrogen-bond donors (Lipinski definition) is 1. The van der Waals surface area contributed by atoms with Gasteiger partial charge in [0, 0.05) is 6.54 Å². The van der Waals surface area contributed by atoms with Crippen LogP contribution in [0, 0.1) is 0 Å². The maximum atomic E-state index is 5.75. The van der Waals surface area contributed by atoms with E-state index in [0.717, 1.165) is 31.0 Å². The lowest BCUT2D eigenvalue weighted by atomic mass is 10.1. The van der Waals surface area contributed by atoms with Crippen molar-refractivity contribution in [2.75, 3.05) is 26.8 Å². The van der Waals surface area contributed by atoms with E-state index in [1.807, 2.05) is 12.1 Å². The summed E-state index contributed by atoms with van der Waals surface area (Å²) in [5.41, 5.74) is 1.27. The molecule has 3 heteroatoms. The van der Waals surface area contributed by atoms with Crippen molar-refractivity contribution in [3.63, 3.8) is 0 Å². The molecule has 108 valence electrons. The molecule has 0 amide bonds. The first-order chi connectivity index (χ1) is 9.31. The summed E-state index contributed by atoms with van der Waals surface area (Å²) >= 11 is 0. The molecule has 1 N–H and O–H groups in total. The van der Waals surface area contributed by atoms with Gasteiger partial charge >= 0.3 is 0 Å². The minimum Gasteiger partial charge on any atom is -0.493 e. The van der Waals surface area contributed by atoms with Crippen LogP contribution >= 0.6 is 0 Å². The fraction of sp³-hybridized carbons (Fsp3) is 0.625. The number of ether oxygens (including phenoxy) is 2. The van der Waals surface area contributed by atoms with Crippen LogP contribution in [0.1, 0.15) is 38.7 Å². The Morgan fingerprint density at radius 3 is 2.58 bits per heavy atom. The standard InChI is InChI=1S/C16H27NO2/c1-4-6-7-10-17-11-12-19-15-9-8-14(5-2)13-16(15)18-3/h8-9,13,17H,4-7,10-12H2,1-3H3. The lowest BCUT2D eigenvalue weighted by Crippen LogP contribution is -2.22. The quantitative estimate of drug-likeness (QED) is 0.658. The van der Waals surface area contributed by atoms with E-state index in [2.05, 4.69) is 25.2 Å². The number of hydrogen-bond acceptors (Lipinski definition) is 3. The Morgan fingerprint density at radius 2 is 1.89 bits per heavy atom. The Labute approximate surface area is 117 Å². The summed E-state index contributed by atoms with van der Waals surface area (Å²) in [6.07, 6.45) is 4.81. The summed E-state index contributed by atoms with van der Waals surface area (Å²) in [5.74, 6) is 1.65. The van der Waals surface area contributed by atoms with Gasteiger partial charge in [0.15, 0.2) is 11.5 Å². The van der Waals surface area contributed by atoms with Crippen molar-refractivity contribution >= 4 is 0 Å². The zero-order valence-electron chi connectivity index (χ0n) is 12.5. The average molecular weight is 265 g/mol. The molecular formula is C16H27NO2. The number of aryl methyl sites for hydroxylation is 1. The van der Waals surface area contributed by atoms with E-state index in [4.69, 9.17) is 9.47 Å². The molecule has 0 aromatic heterocycles. The van der Waals surface area contributed by atoms with Crippen molar-refractivity contribution in [1.29, 1.82) is 0 Å². The fourth-order valence-corrected chi connectivity index (χ4v) is 1.91. The second-order valence-electron chi connectivity index (χ2n) is 4.64. The maximum absolute atomic E-state index is 5.75. The van der Waals surface area contributed by atoms with Crippen molar-refractivity contribution in [3.05, 3.63) is 23.8 Å². The molecule has 19 heavy (non-hydrogen) atoms. The number of nitrogens with one attached hydrogen (secondary N) is 1. The number of unbranched alkanes of at least 4 members (excludes halogenated alkanes) is 2. The van der Waals surface area contributed by atoms with E-state index >= 15 is 0 Å². The molecule has 0 aliphatic carbocycles. The Balaban J connectivity index is 2.28. The first-order valence-corrected chi connectivity index (χ1v) is 7.32. The summed E-state index contributed by atoms with van der Waals surface area (Å²) in [7, 11) is 1.69. The Kier molecular flexibility index (Phi) is 8.07. The molecule has 0 saturated heterocycles. The average Bonchev–Trinajstić information content (AvgIpc) is 2.46. The molecule has 1 aromatic carbocycles. The van der Waals surface area contributed by atoms with Gasteiger partial charge in [-0.15, -0.1) is 0 Å². The van der Waals surface area contributed by atoms with Crippen molar-refractivity contribution in [2.45, 2.75) is 39.5 Å². The van der Waals surface area contributed by atoms with Crippen LogP contribution in [-0.4, -0.2) is 26.8 Å². The van der Waals surface area contributed by atoms with E-state index in [0.29, 0.717) is 6.61 Å². The predicted octanol–water partition coefficient (Wildman–Crippen LogP) is 3.42. The highest BCUT2D eigenvalue weighted by molar-refractivity contribution is 5.42. The second kappa shape index (κ2) is 9.68. The van der Waals surface area contributed by atoms with E-state index in [9.17, 15) is 0 Å². The van der Waals surface area contributed by atoms with E-state index < -0.39 is 0 Å². The van der Waals surface area contributed by atoms with Crippen LogP contribution < -0.4 is 14.8 Å². The molecule has 0 unspecified atom stereocenters. The zero-order chi connectivity index (χ0) is 13.9. The molecule has 0 fully saturated rings. The minimum atomic E-state index is 0.675. The lowest BCUT2D eigenvalue weighted by Gasteiger charge is -2.12. The van der Waals surface area contributed by atoms with Crippen LogP contribution in [0.25, 0.3) is 0 Å². The molecular weight excluding hydrogens is 238 g/mol. The molecule has 0 saturated carbocycles. The molecule has 1 rings (SSSR count). The van der Waals surface area contributed by atoms with Crippen molar-refractivity contribution in [1.82, 2.24) is 5.32 Å². The zero-order valence-corrected chi connectivity index (χ0v) is 12.5. The van der Waals surface area contributed by atoms with Crippen LogP contribution in [0.4, 0.5) is 0 Å². The molecule has 0 aliphatic heterocycles. The van der Waals surface area contributed by atoms with E-state index in [1.165, 1.54) is 24.8 Å². The molecule has 1 aromatic rings. The summed E-state index contributed by atoms with van der Waals surface area (Å²) in [4.78, 5) is 0. The second-order valence-corrected chi connectivity index (χ2v) is 4.64. The van der Waals surface area contributed by atoms with Gasteiger partial charge in [-0.3, -0.25) is 0 Å². The number of methoxy groups -OCH3 is 1.